The van der Waals surface area contributed by atoms with Crippen molar-refractivity contribution in [1.82, 2.24) is 15.1 Å². The third-order valence-electron chi connectivity index (χ3n) is 3.84. The van der Waals surface area contributed by atoms with Crippen LogP contribution in [0.4, 0.5) is 6.01 Å². The Hall–Kier alpha value is -1.92. The molecule has 0 aliphatic carbocycles. The molecular formula is C16H19ClN4O2. The molecule has 1 aliphatic heterocycles. The van der Waals surface area contributed by atoms with E-state index in [2.05, 4.69) is 20.4 Å². The Bertz CT molecular complexity index is 650. The number of nitrogens with one attached hydrogen (secondary N) is 1. The second-order valence-corrected chi connectivity index (χ2v) is 6.06. The first-order chi connectivity index (χ1) is 11.2. The number of likely N-dealkylation sites (tertiary alicyclic amines) is 1. The molecule has 1 saturated heterocycles. The quantitative estimate of drug-likeness (QED) is 0.878. The Morgan fingerprint density at radius 2 is 1.96 bits per heavy atom. The summed E-state index contributed by atoms with van der Waals surface area (Å²) in [6.45, 7) is 3.26. The van der Waals surface area contributed by atoms with Crippen molar-refractivity contribution in [1.29, 1.82) is 0 Å². The first kappa shape index (κ1) is 16.0. The maximum atomic E-state index is 11.9. The Kier molecular flexibility index (Phi) is 5.25. The van der Waals surface area contributed by atoms with Gasteiger partial charge in [0.05, 0.1) is 0 Å². The van der Waals surface area contributed by atoms with Crippen LogP contribution in [0.3, 0.4) is 0 Å². The molecule has 0 saturated carbocycles. The molecule has 1 aliphatic rings. The molecule has 0 atom stereocenters. The Morgan fingerprint density at radius 1 is 1.22 bits per heavy atom. The standard InChI is InChI=1S/C16H19ClN4O2/c17-13-7-5-12(6-8-13)15-19-20-16(23-15)18-14(22)4-3-11-21-9-1-2-10-21/h5-8H,1-4,9-11H2,(H,18,20,22). The van der Waals surface area contributed by atoms with Crippen molar-refractivity contribution in [3.8, 4) is 11.5 Å². The number of halogens is 1. The highest BCUT2D eigenvalue weighted by Gasteiger charge is 2.13. The van der Waals surface area contributed by atoms with E-state index in [4.69, 9.17) is 16.0 Å². The molecule has 1 amide bonds. The van der Waals surface area contributed by atoms with Crippen LogP contribution in [0.2, 0.25) is 5.02 Å². The van der Waals surface area contributed by atoms with Crippen molar-refractivity contribution in [2.45, 2.75) is 25.7 Å². The van der Waals surface area contributed by atoms with Crippen LogP contribution in [0, 0.1) is 0 Å². The fraction of sp³-hybridized carbons (Fsp3) is 0.438. The highest BCUT2D eigenvalue weighted by atomic mass is 35.5. The predicted octanol–water partition coefficient (Wildman–Crippen LogP) is 3.20. The fourth-order valence-electron chi connectivity index (χ4n) is 2.63. The van der Waals surface area contributed by atoms with E-state index in [1.165, 1.54) is 12.8 Å². The largest absolute Gasteiger partial charge is 0.403 e. The van der Waals surface area contributed by atoms with E-state index >= 15 is 0 Å². The maximum Gasteiger partial charge on any atom is 0.322 e. The molecule has 2 heterocycles. The molecule has 1 N–H and O–H groups in total. The Balaban J connectivity index is 1.48. The highest BCUT2D eigenvalue weighted by molar-refractivity contribution is 6.30. The zero-order valence-electron chi connectivity index (χ0n) is 12.8. The van der Waals surface area contributed by atoms with Gasteiger partial charge in [0.15, 0.2) is 0 Å². The van der Waals surface area contributed by atoms with Crippen molar-refractivity contribution in [3.63, 3.8) is 0 Å². The van der Waals surface area contributed by atoms with Crippen LogP contribution in [0.1, 0.15) is 25.7 Å². The van der Waals surface area contributed by atoms with Gasteiger partial charge in [0.25, 0.3) is 0 Å². The topological polar surface area (TPSA) is 71.3 Å². The number of rotatable bonds is 6. The van der Waals surface area contributed by atoms with Crippen molar-refractivity contribution >= 4 is 23.5 Å². The molecule has 1 aromatic carbocycles. The molecule has 7 heteroatoms. The highest BCUT2D eigenvalue weighted by Crippen LogP contribution is 2.21. The summed E-state index contributed by atoms with van der Waals surface area (Å²) in [5.74, 6) is 0.254. The minimum atomic E-state index is -0.101. The number of hydrogen-bond donors (Lipinski definition) is 1. The van der Waals surface area contributed by atoms with Gasteiger partial charge in [-0.2, -0.15) is 0 Å². The first-order valence-corrected chi connectivity index (χ1v) is 8.20. The van der Waals surface area contributed by atoms with Crippen LogP contribution >= 0.6 is 11.6 Å². The molecule has 0 radical (unpaired) electrons. The van der Waals surface area contributed by atoms with Crippen LogP contribution in [0.15, 0.2) is 28.7 Å². The minimum absolute atomic E-state index is 0.101. The van der Waals surface area contributed by atoms with Gasteiger partial charge in [-0.05, 0) is 63.2 Å². The lowest BCUT2D eigenvalue weighted by Gasteiger charge is -2.13. The summed E-state index contributed by atoms with van der Waals surface area (Å²) in [4.78, 5) is 14.3. The van der Waals surface area contributed by atoms with Gasteiger partial charge in [-0.3, -0.25) is 10.1 Å². The summed E-state index contributed by atoms with van der Waals surface area (Å²) in [6.07, 6.45) is 3.82. The summed E-state index contributed by atoms with van der Waals surface area (Å²) < 4.78 is 5.45. The lowest BCUT2D eigenvalue weighted by Crippen LogP contribution is -2.22. The Labute approximate surface area is 139 Å². The average molecular weight is 335 g/mol. The molecule has 0 unspecified atom stereocenters. The van der Waals surface area contributed by atoms with Gasteiger partial charge in [-0.25, -0.2) is 0 Å². The molecule has 23 heavy (non-hydrogen) atoms. The van der Waals surface area contributed by atoms with Crippen LogP contribution in [-0.2, 0) is 4.79 Å². The maximum absolute atomic E-state index is 11.9. The van der Waals surface area contributed by atoms with Crippen LogP contribution in [0.25, 0.3) is 11.5 Å². The van der Waals surface area contributed by atoms with E-state index in [0.29, 0.717) is 17.3 Å². The molecule has 1 fully saturated rings. The van der Waals surface area contributed by atoms with Gasteiger partial charge in [-0.1, -0.05) is 16.7 Å². The minimum Gasteiger partial charge on any atom is -0.403 e. The number of amides is 1. The predicted molar refractivity (Wildman–Crippen MR) is 88.3 cm³/mol. The number of benzene rings is 1. The van der Waals surface area contributed by atoms with Gasteiger partial charge in [-0.15, -0.1) is 5.10 Å². The van der Waals surface area contributed by atoms with Gasteiger partial charge < -0.3 is 9.32 Å². The van der Waals surface area contributed by atoms with E-state index in [1.54, 1.807) is 24.3 Å². The lowest BCUT2D eigenvalue weighted by atomic mass is 10.2. The van der Waals surface area contributed by atoms with Crippen molar-refractivity contribution < 1.29 is 9.21 Å². The molecule has 2 aromatic rings. The van der Waals surface area contributed by atoms with Crippen molar-refractivity contribution in [2.24, 2.45) is 0 Å². The van der Waals surface area contributed by atoms with Crippen molar-refractivity contribution in [3.05, 3.63) is 29.3 Å². The number of hydrogen-bond acceptors (Lipinski definition) is 5. The summed E-state index contributed by atoms with van der Waals surface area (Å²) in [6, 6.07) is 7.20. The molecule has 1 aromatic heterocycles. The third-order valence-corrected chi connectivity index (χ3v) is 4.09. The second kappa shape index (κ2) is 7.57. The molecule has 3 rings (SSSR count). The Morgan fingerprint density at radius 3 is 2.70 bits per heavy atom. The molecular weight excluding hydrogens is 316 g/mol. The number of carbonyl (C=O) groups is 1. The zero-order valence-corrected chi connectivity index (χ0v) is 13.6. The number of carbonyl (C=O) groups excluding carboxylic acids is 1. The van der Waals surface area contributed by atoms with Gasteiger partial charge in [0.2, 0.25) is 11.8 Å². The number of aromatic nitrogens is 2. The van der Waals surface area contributed by atoms with Gasteiger partial charge in [0.1, 0.15) is 0 Å². The zero-order chi connectivity index (χ0) is 16.1. The van der Waals surface area contributed by atoms with E-state index in [0.717, 1.165) is 31.6 Å². The summed E-state index contributed by atoms with van der Waals surface area (Å²) >= 11 is 5.84. The first-order valence-electron chi connectivity index (χ1n) is 7.82. The average Bonchev–Trinajstić information content (AvgIpc) is 3.20. The van der Waals surface area contributed by atoms with Crippen LogP contribution < -0.4 is 5.32 Å². The normalized spacial score (nSPS) is 15.0. The second-order valence-electron chi connectivity index (χ2n) is 5.62. The number of anilines is 1. The fourth-order valence-corrected chi connectivity index (χ4v) is 2.76. The number of nitrogens with zero attached hydrogens (tertiary/aromatic N) is 3. The van der Waals surface area contributed by atoms with E-state index in [9.17, 15) is 4.79 Å². The van der Waals surface area contributed by atoms with E-state index < -0.39 is 0 Å². The molecule has 0 spiro atoms. The monoisotopic (exact) mass is 334 g/mol. The van der Waals surface area contributed by atoms with Gasteiger partial charge in [0, 0.05) is 17.0 Å². The summed E-state index contributed by atoms with van der Waals surface area (Å²) in [5, 5.41) is 11.1. The smallest absolute Gasteiger partial charge is 0.322 e. The molecule has 6 nitrogen and oxygen atoms in total. The van der Waals surface area contributed by atoms with Crippen LogP contribution in [0.5, 0.6) is 0 Å². The third kappa shape index (κ3) is 4.53. The van der Waals surface area contributed by atoms with E-state index in [-0.39, 0.29) is 11.9 Å². The van der Waals surface area contributed by atoms with Crippen LogP contribution in [-0.4, -0.2) is 40.6 Å². The summed E-state index contributed by atoms with van der Waals surface area (Å²) in [5.41, 5.74) is 0.761. The lowest BCUT2D eigenvalue weighted by molar-refractivity contribution is -0.116. The molecule has 0 bridgehead atoms. The van der Waals surface area contributed by atoms with E-state index in [1.807, 2.05) is 0 Å². The SMILES string of the molecule is O=C(CCCN1CCCC1)Nc1nnc(-c2ccc(Cl)cc2)o1. The van der Waals surface area contributed by atoms with Crippen molar-refractivity contribution in [2.75, 3.05) is 25.0 Å². The van der Waals surface area contributed by atoms with Gasteiger partial charge >= 0.3 is 6.01 Å². The summed E-state index contributed by atoms with van der Waals surface area (Å²) in [7, 11) is 0. The molecule has 122 valence electrons.